The number of halogens is 1. The van der Waals surface area contributed by atoms with Gasteiger partial charge in [-0.2, -0.15) is 0 Å². The first kappa shape index (κ1) is 16.6. The van der Waals surface area contributed by atoms with E-state index in [-0.39, 0.29) is 28.0 Å². The Morgan fingerprint density at radius 2 is 2.05 bits per heavy atom. The molecule has 0 spiro atoms. The molecule has 7 nitrogen and oxygen atoms in total. The van der Waals surface area contributed by atoms with E-state index in [4.69, 9.17) is 0 Å². The Morgan fingerprint density at radius 3 is 2.55 bits per heavy atom. The predicted molar refractivity (Wildman–Crippen MR) is 77.5 cm³/mol. The summed E-state index contributed by atoms with van der Waals surface area (Å²) < 4.78 is 22.2. The van der Waals surface area contributed by atoms with Gasteiger partial charge in [0.05, 0.1) is 16.2 Å². The molecule has 1 aromatic rings. The second kappa shape index (κ2) is 6.31. The maximum Gasteiger partial charge on any atom is 0.284 e. The van der Waals surface area contributed by atoms with Crippen molar-refractivity contribution in [3.8, 4) is 0 Å². The van der Waals surface area contributed by atoms with Crippen LogP contribution >= 0.6 is 15.9 Å². The van der Waals surface area contributed by atoms with Crippen LogP contribution in [0.4, 0.5) is 5.69 Å². The molecule has 0 heterocycles. The minimum absolute atomic E-state index is 0.0206. The first-order chi connectivity index (χ1) is 9.13. The van der Waals surface area contributed by atoms with E-state index in [0.717, 1.165) is 6.26 Å². The van der Waals surface area contributed by atoms with Gasteiger partial charge >= 0.3 is 0 Å². The third kappa shape index (κ3) is 4.27. The molecule has 110 valence electrons. The summed E-state index contributed by atoms with van der Waals surface area (Å²) in [5, 5.41) is 10.8. The van der Waals surface area contributed by atoms with Gasteiger partial charge in [0.25, 0.3) is 11.6 Å². The molecule has 0 aromatic heterocycles. The molecular weight excluding hydrogens is 352 g/mol. The van der Waals surface area contributed by atoms with Crippen molar-refractivity contribution in [1.82, 2.24) is 4.90 Å². The number of rotatable bonds is 5. The third-order valence-corrected chi connectivity index (χ3v) is 4.31. The van der Waals surface area contributed by atoms with E-state index in [1.165, 1.54) is 30.1 Å². The summed E-state index contributed by atoms with van der Waals surface area (Å²) in [6.45, 7) is 0.0206. The molecule has 20 heavy (non-hydrogen) atoms. The van der Waals surface area contributed by atoms with Gasteiger partial charge in [-0.3, -0.25) is 14.9 Å². The van der Waals surface area contributed by atoms with E-state index in [2.05, 4.69) is 15.9 Å². The lowest BCUT2D eigenvalue weighted by atomic mass is 10.2. The number of carbonyl (C=O) groups is 1. The molecule has 1 aromatic carbocycles. The highest BCUT2D eigenvalue weighted by Gasteiger charge is 2.22. The summed E-state index contributed by atoms with van der Waals surface area (Å²) in [5.74, 6) is -0.647. The molecular formula is C11H13BrN2O5S. The van der Waals surface area contributed by atoms with E-state index >= 15 is 0 Å². The van der Waals surface area contributed by atoms with Crippen molar-refractivity contribution in [3.05, 3.63) is 38.3 Å². The number of carbonyl (C=O) groups excluding carboxylic acids is 1. The molecule has 0 aliphatic rings. The average molecular weight is 365 g/mol. The highest BCUT2D eigenvalue weighted by Crippen LogP contribution is 2.28. The summed E-state index contributed by atoms with van der Waals surface area (Å²) in [5.41, 5.74) is -0.0948. The zero-order chi connectivity index (χ0) is 15.5. The van der Waals surface area contributed by atoms with Gasteiger partial charge in [-0.05, 0) is 22.0 Å². The number of hydrogen-bond acceptors (Lipinski definition) is 5. The minimum Gasteiger partial charge on any atom is -0.341 e. The molecule has 0 saturated carbocycles. The Morgan fingerprint density at radius 1 is 1.45 bits per heavy atom. The van der Waals surface area contributed by atoms with Crippen molar-refractivity contribution < 1.29 is 18.1 Å². The maximum absolute atomic E-state index is 12.1. The Kier molecular flexibility index (Phi) is 5.23. The number of benzene rings is 1. The molecule has 0 saturated heterocycles. The molecule has 0 aliphatic carbocycles. The van der Waals surface area contributed by atoms with Crippen LogP contribution < -0.4 is 0 Å². The molecule has 0 atom stereocenters. The lowest BCUT2D eigenvalue weighted by Gasteiger charge is -2.17. The molecule has 9 heteroatoms. The van der Waals surface area contributed by atoms with Crippen LogP contribution in [-0.2, 0) is 9.84 Å². The lowest BCUT2D eigenvalue weighted by molar-refractivity contribution is -0.385. The summed E-state index contributed by atoms with van der Waals surface area (Å²) >= 11 is 3.03. The van der Waals surface area contributed by atoms with Gasteiger partial charge < -0.3 is 4.90 Å². The van der Waals surface area contributed by atoms with E-state index in [1.54, 1.807) is 0 Å². The summed E-state index contributed by atoms with van der Waals surface area (Å²) in [6, 6.07) is 4.12. The highest BCUT2D eigenvalue weighted by atomic mass is 79.9. The summed E-state index contributed by atoms with van der Waals surface area (Å²) in [4.78, 5) is 23.5. The molecule has 0 N–H and O–H groups in total. The maximum atomic E-state index is 12.1. The zero-order valence-corrected chi connectivity index (χ0v) is 13.3. The second-order valence-electron chi connectivity index (χ2n) is 4.25. The van der Waals surface area contributed by atoms with Crippen molar-refractivity contribution in [3.63, 3.8) is 0 Å². The third-order valence-electron chi connectivity index (χ3n) is 2.55. The Balaban J connectivity index is 2.98. The number of sulfone groups is 1. The fourth-order valence-electron chi connectivity index (χ4n) is 1.44. The highest BCUT2D eigenvalue weighted by molar-refractivity contribution is 9.10. The van der Waals surface area contributed by atoms with Gasteiger partial charge in [0.15, 0.2) is 0 Å². The number of nitrogens with zero attached hydrogens (tertiary/aromatic N) is 2. The van der Waals surface area contributed by atoms with Gasteiger partial charge in [0.2, 0.25) is 0 Å². The number of hydrogen-bond donors (Lipinski definition) is 0. The standard InChI is InChI=1S/C11H13BrN2O5S/c1-13(6-7-20(2,18)19)11(15)8-4-3-5-9(10(8)12)14(16)17/h3-5H,6-7H2,1-2H3. The molecule has 1 amide bonds. The van der Waals surface area contributed by atoms with Crippen molar-refractivity contribution in [2.24, 2.45) is 0 Å². The van der Waals surface area contributed by atoms with Crippen LogP contribution in [-0.4, -0.2) is 49.7 Å². The topological polar surface area (TPSA) is 97.6 Å². The number of amides is 1. The fourth-order valence-corrected chi connectivity index (χ4v) is 2.62. The van der Waals surface area contributed by atoms with Crippen LogP contribution in [0.5, 0.6) is 0 Å². The first-order valence-corrected chi connectivity index (χ1v) is 8.35. The van der Waals surface area contributed by atoms with Crippen molar-refractivity contribution in [1.29, 1.82) is 0 Å². The fraction of sp³-hybridized carbons (Fsp3) is 0.364. The minimum atomic E-state index is -3.18. The SMILES string of the molecule is CN(CCS(C)(=O)=O)C(=O)c1cccc([N+](=O)[O-])c1Br. The van der Waals surface area contributed by atoms with Crippen molar-refractivity contribution in [2.45, 2.75) is 0 Å². The Labute approximate surface area is 124 Å². The number of nitro groups is 1. The normalized spacial score (nSPS) is 11.2. The molecule has 0 bridgehead atoms. The quantitative estimate of drug-likeness (QED) is 0.581. The average Bonchev–Trinajstić information content (AvgIpc) is 2.34. The van der Waals surface area contributed by atoms with Crippen LogP contribution in [0.2, 0.25) is 0 Å². The number of nitro benzene ring substituents is 1. The van der Waals surface area contributed by atoms with Gasteiger partial charge in [-0.1, -0.05) is 6.07 Å². The van der Waals surface area contributed by atoms with Gasteiger partial charge in [-0.15, -0.1) is 0 Å². The Bertz CT molecular complexity index is 644. The summed E-state index contributed by atoms with van der Waals surface area (Å²) in [6.07, 6.45) is 1.08. The van der Waals surface area contributed by atoms with Crippen LogP contribution in [0, 0.1) is 10.1 Å². The largest absolute Gasteiger partial charge is 0.341 e. The van der Waals surface area contributed by atoms with Gasteiger partial charge in [0.1, 0.15) is 14.3 Å². The second-order valence-corrected chi connectivity index (χ2v) is 7.31. The predicted octanol–water partition coefficient (Wildman–Crippen LogP) is 1.47. The van der Waals surface area contributed by atoms with Crippen LogP contribution in [0.3, 0.4) is 0 Å². The molecule has 0 unspecified atom stereocenters. The molecule has 1 rings (SSSR count). The zero-order valence-electron chi connectivity index (χ0n) is 10.9. The van der Waals surface area contributed by atoms with Gasteiger partial charge in [0, 0.05) is 25.9 Å². The van der Waals surface area contributed by atoms with E-state index in [0.29, 0.717) is 0 Å². The van der Waals surface area contributed by atoms with Crippen LogP contribution in [0.1, 0.15) is 10.4 Å². The Hall–Kier alpha value is -1.48. The molecule has 0 fully saturated rings. The smallest absolute Gasteiger partial charge is 0.284 e. The van der Waals surface area contributed by atoms with Crippen LogP contribution in [0.15, 0.2) is 22.7 Å². The van der Waals surface area contributed by atoms with Crippen molar-refractivity contribution in [2.75, 3.05) is 25.6 Å². The van der Waals surface area contributed by atoms with Crippen LogP contribution in [0.25, 0.3) is 0 Å². The molecule has 0 aliphatic heterocycles. The van der Waals surface area contributed by atoms with Gasteiger partial charge in [-0.25, -0.2) is 8.42 Å². The van der Waals surface area contributed by atoms with Crippen molar-refractivity contribution >= 4 is 37.4 Å². The van der Waals surface area contributed by atoms with E-state index in [1.807, 2.05) is 0 Å². The van der Waals surface area contributed by atoms with E-state index < -0.39 is 20.7 Å². The van der Waals surface area contributed by atoms with E-state index in [9.17, 15) is 23.3 Å². The summed E-state index contributed by atoms with van der Waals surface area (Å²) in [7, 11) is -1.74. The lowest BCUT2D eigenvalue weighted by Crippen LogP contribution is -2.31. The first-order valence-electron chi connectivity index (χ1n) is 5.49. The monoisotopic (exact) mass is 364 g/mol. The molecule has 0 radical (unpaired) electrons.